The molecule has 0 heterocycles. The number of hydrogen-bond donors (Lipinski definition) is 0. The second-order valence-corrected chi connectivity index (χ2v) is 4.22. The van der Waals surface area contributed by atoms with Gasteiger partial charge in [0.05, 0.1) is 5.56 Å². The third-order valence-electron chi connectivity index (χ3n) is 2.67. The zero-order valence-corrected chi connectivity index (χ0v) is 11.3. The lowest BCUT2D eigenvalue weighted by Gasteiger charge is -2.01. The van der Waals surface area contributed by atoms with E-state index in [9.17, 15) is 4.79 Å². The van der Waals surface area contributed by atoms with Crippen molar-refractivity contribution < 1.29 is 9.63 Å². The Morgan fingerprint density at radius 2 is 1.71 bits per heavy atom. The van der Waals surface area contributed by atoms with Crippen molar-refractivity contribution in [3.63, 3.8) is 0 Å². The molecule has 0 aliphatic carbocycles. The van der Waals surface area contributed by atoms with E-state index in [4.69, 9.17) is 10.4 Å². The van der Waals surface area contributed by atoms with Gasteiger partial charge in [0.25, 0.3) is 0 Å². The van der Waals surface area contributed by atoms with Crippen LogP contribution in [-0.2, 0) is 4.84 Å². The molecule has 6 nitrogen and oxygen atoms in total. The average Bonchev–Trinajstić information content (AvgIpc) is 2.52. The topological polar surface area (TPSA) is 87.4 Å². The number of azide groups is 1. The molecule has 0 N–H and O–H groups in total. The molecule has 0 atom stereocenters. The maximum absolute atomic E-state index is 11.8. The largest absolute Gasteiger partial charge is 0.365 e. The van der Waals surface area contributed by atoms with Crippen LogP contribution < -0.4 is 0 Å². The van der Waals surface area contributed by atoms with Crippen molar-refractivity contribution in [2.45, 2.75) is 6.92 Å². The molecule has 21 heavy (non-hydrogen) atoms. The number of hydrogen-bond acceptors (Lipinski definition) is 3. The highest BCUT2D eigenvalue weighted by atomic mass is 16.7. The van der Waals surface area contributed by atoms with Gasteiger partial charge in [-0.1, -0.05) is 53.2 Å². The van der Waals surface area contributed by atoms with E-state index in [1.165, 1.54) is 0 Å². The lowest BCUT2D eigenvalue weighted by molar-refractivity contribution is 0.0516. The summed E-state index contributed by atoms with van der Waals surface area (Å²) in [4.78, 5) is 19.3. The Balaban J connectivity index is 2.18. The summed E-state index contributed by atoms with van der Waals surface area (Å²) in [6.07, 6.45) is 0. The number of carbonyl (C=O) groups is 1. The lowest BCUT2D eigenvalue weighted by atomic mass is 10.2. The normalized spacial score (nSPS) is 10.6. The van der Waals surface area contributed by atoms with Crippen molar-refractivity contribution >= 4 is 11.8 Å². The minimum atomic E-state index is -0.614. The highest BCUT2D eigenvalue weighted by Crippen LogP contribution is 2.07. The number of aryl methyl sites for hydroxylation is 1. The van der Waals surface area contributed by atoms with E-state index in [1.807, 2.05) is 13.0 Å². The first-order valence-corrected chi connectivity index (χ1v) is 6.17. The molecule has 0 radical (unpaired) electrons. The van der Waals surface area contributed by atoms with Crippen molar-refractivity contribution in [2.24, 2.45) is 10.3 Å². The molecule has 0 fully saturated rings. The predicted octanol–water partition coefficient (Wildman–Crippen LogP) is 3.82. The van der Waals surface area contributed by atoms with Crippen LogP contribution in [0.25, 0.3) is 10.4 Å². The molecule has 0 aromatic heterocycles. The molecule has 0 amide bonds. The highest BCUT2D eigenvalue weighted by Gasteiger charge is 2.08. The second kappa shape index (κ2) is 6.88. The summed E-state index contributed by atoms with van der Waals surface area (Å²) in [7, 11) is 0. The molecular formula is C15H12N4O2. The number of nitrogens with zero attached hydrogens (tertiary/aromatic N) is 4. The summed E-state index contributed by atoms with van der Waals surface area (Å²) < 4.78 is 0. The van der Waals surface area contributed by atoms with Crippen LogP contribution in [0.15, 0.2) is 64.9 Å². The van der Waals surface area contributed by atoms with Gasteiger partial charge in [0.2, 0.25) is 0 Å². The molecular weight excluding hydrogens is 268 g/mol. The summed E-state index contributed by atoms with van der Waals surface area (Å²) in [6.45, 7) is 1.92. The molecule has 0 unspecified atom stereocenters. The van der Waals surface area contributed by atoms with Crippen molar-refractivity contribution in [3.8, 4) is 0 Å². The van der Waals surface area contributed by atoms with Crippen molar-refractivity contribution in [1.29, 1.82) is 0 Å². The van der Waals surface area contributed by atoms with Gasteiger partial charge >= 0.3 is 5.97 Å². The molecule has 2 rings (SSSR count). The molecule has 0 aliphatic rings. The van der Waals surface area contributed by atoms with E-state index in [0.717, 1.165) is 5.56 Å². The zero-order chi connectivity index (χ0) is 15.1. The van der Waals surface area contributed by atoms with E-state index >= 15 is 0 Å². The smallest absolute Gasteiger partial charge is 0.312 e. The Morgan fingerprint density at radius 3 is 2.33 bits per heavy atom. The van der Waals surface area contributed by atoms with Crippen LogP contribution in [0.3, 0.4) is 0 Å². The summed E-state index contributed by atoms with van der Waals surface area (Å²) in [6, 6.07) is 15.6. The SMILES string of the molecule is Cc1ccc(C(=O)O/N=C(\N=[N+]=[N-])c2ccccc2)cc1. The van der Waals surface area contributed by atoms with Gasteiger partial charge in [-0.15, -0.1) is 0 Å². The number of rotatable bonds is 3. The Hall–Kier alpha value is -3.11. The van der Waals surface area contributed by atoms with Gasteiger partial charge in [-0.2, -0.15) is 0 Å². The average molecular weight is 280 g/mol. The van der Waals surface area contributed by atoms with Gasteiger partial charge < -0.3 is 4.84 Å². The van der Waals surface area contributed by atoms with E-state index < -0.39 is 5.97 Å². The zero-order valence-electron chi connectivity index (χ0n) is 11.3. The molecule has 0 saturated heterocycles. The van der Waals surface area contributed by atoms with Gasteiger partial charge in [-0.05, 0) is 29.7 Å². The first-order valence-electron chi connectivity index (χ1n) is 6.17. The van der Waals surface area contributed by atoms with E-state index in [0.29, 0.717) is 11.1 Å². The van der Waals surface area contributed by atoms with Crippen LogP contribution in [-0.4, -0.2) is 11.8 Å². The molecule has 0 spiro atoms. The van der Waals surface area contributed by atoms with E-state index in [1.54, 1.807) is 48.5 Å². The fraction of sp³-hybridized carbons (Fsp3) is 0.0667. The van der Waals surface area contributed by atoms with Gasteiger partial charge in [0.1, 0.15) is 0 Å². The van der Waals surface area contributed by atoms with Crippen LogP contribution in [0.4, 0.5) is 0 Å². The van der Waals surface area contributed by atoms with Gasteiger partial charge in [0.15, 0.2) is 5.84 Å². The summed E-state index contributed by atoms with van der Waals surface area (Å²) in [5, 5.41) is 7.06. The first-order chi connectivity index (χ1) is 10.2. The maximum Gasteiger partial charge on any atom is 0.365 e. The molecule has 2 aromatic carbocycles. The van der Waals surface area contributed by atoms with Gasteiger partial charge in [-0.25, -0.2) is 4.79 Å². The molecule has 0 saturated carbocycles. The third kappa shape index (κ3) is 3.92. The Morgan fingerprint density at radius 1 is 1.05 bits per heavy atom. The van der Waals surface area contributed by atoms with Gasteiger partial charge in [-0.3, -0.25) is 0 Å². The Bertz CT molecular complexity index is 702. The minimum Gasteiger partial charge on any atom is -0.312 e. The Kier molecular flexibility index (Phi) is 4.69. The fourth-order valence-electron chi connectivity index (χ4n) is 1.59. The standard InChI is InChI=1S/C15H12N4O2/c1-11-7-9-13(10-8-11)15(20)21-18-14(17-19-16)12-5-3-2-4-6-12/h2-10H,1H3/b18-14-. The number of amidine groups is 1. The lowest BCUT2D eigenvalue weighted by Crippen LogP contribution is -2.04. The van der Waals surface area contributed by atoms with Crippen molar-refractivity contribution in [1.82, 2.24) is 0 Å². The number of oxime groups is 1. The highest BCUT2D eigenvalue weighted by molar-refractivity contribution is 5.99. The van der Waals surface area contributed by atoms with Crippen molar-refractivity contribution in [3.05, 3.63) is 81.7 Å². The van der Waals surface area contributed by atoms with Gasteiger partial charge in [0, 0.05) is 10.5 Å². The number of carbonyl (C=O) groups excluding carboxylic acids is 1. The predicted molar refractivity (Wildman–Crippen MR) is 78.7 cm³/mol. The molecule has 0 bridgehead atoms. The first kappa shape index (κ1) is 14.3. The van der Waals surface area contributed by atoms with Crippen LogP contribution in [0, 0.1) is 6.92 Å². The van der Waals surface area contributed by atoms with Crippen molar-refractivity contribution in [2.75, 3.05) is 0 Å². The van der Waals surface area contributed by atoms with Crippen LogP contribution in [0.5, 0.6) is 0 Å². The minimum absolute atomic E-state index is 0.00133. The molecule has 0 aliphatic heterocycles. The molecule has 6 heteroatoms. The molecule has 2 aromatic rings. The Labute approximate surface area is 121 Å². The third-order valence-corrected chi connectivity index (χ3v) is 2.67. The monoisotopic (exact) mass is 280 g/mol. The summed E-state index contributed by atoms with van der Waals surface area (Å²) in [5.74, 6) is -0.616. The van der Waals surface area contributed by atoms with E-state index in [2.05, 4.69) is 15.2 Å². The summed E-state index contributed by atoms with van der Waals surface area (Å²) in [5.41, 5.74) is 10.5. The van der Waals surface area contributed by atoms with Crippen LogP contribution >= 0.6 is 0 Å². The second-order valence-electron chi connectivity index (χ2n) is 4.22. The fourth-order valence-corrected chi connectivity index (χ4v) is 1.59. The molecule has 104 valence electrons. The quantitative estimate of drug-likeness (QED) is 0.163. The summed E-state index contributed by atoms with van der Waals surface area (Å²) >= 11 is 0. The maximum atomic E-state index is 11.8. The van der Waals surface area contributed by atoms with E-state index in [-0.39, 0.29) is 5.84 Å². The van der Waals surface area contributed by atoms with Crippen LogP contribution in [0.2, 0.25) is 0 Å². The van der Waals surface area contributed by atoms with Crippen LogP contribution in [0.1, 0.15) is 21.5 Å². The number of benzene rings is 2.